The third-order valence-electron chi connectivity index (χ3n) is 3.95. The first kappa shape index (κ1) is 12.7. The molecule has 2 nitrogen and oxygen atoms in total. The van der Waals surface area contributed by atoms with Gasteiger partial charge in [-0.3, -0.25) is 4.90 Å². The lowest BCUT2D eigenvalue weighted by molar-refractivity contribution is 0.0487. The molecule has 1 N–H and O–H groups in total. The molecule has 2 fully saturated rings. The van der Waals surface area contributed by atoms with Crippen LogP contribution < -0.4 is 0 Å². The van der Waals surface area contributed by atoms with Crippen LogP contribution in [0.1, 0.15) is 24.8 Å². The zero-order valence-electron chi connectivity index (χ0n) is 10.2. The van der Waals surface area contributed by atoms with Gasteiger partial charge in [0.1, 0.15) is 0 Å². The predicted molar refractivity (Wildman–Crippen MR) is 74.3 cm³/mol. The number of aliphatic hydroxyl groups is 1. The Labute approximate surface area is 117 Å². The fraction of sp³-hybridized carbons (Fsp3) is 0.571. The van der Waals surface area contributed by atoms with Crippen molar-refractivity contribution in [2.45, 2.75) is 37.3 Å². The Morgan fingerprint density at radius 3 is 2.83 bits per heavy atom. The molecule has 2 aliphatic rings. The van der Waals surface area contributed by atoms with Crippen molar-refractivity contribution in [3.8, 4) is 0 Å². The SMILES string of the molecule is OC1(Cc2cc(Cl)ccc2Cl)CCN(C2CC2)C1. The summed E-state index contributed by atoms with van der Waals surface area (Å²) in [4.78, 5) is 2.40. The number of halogens is 2. The van der Waals surface area contributed by atoms with Crippen LogP contribution in [-0.4, -0.2) is 34.7 Å². The summed E-state index contributed by atoms with van der Waals surface area (Å²) in [6, 6.07) is 6.16. The van der Waals surface area contributed by atoms with E-state index in [4.69, 9.17) is 23.2 Å². The van der Waals surface area contributed by atoms with Gasteiger partial charge >= 0.3 is 0 Å². The first-order chi connectivity index (χ1) is 8.56. The summed E-state index contributed by atoms with van der Waals surface area (Å²) in [6.07, 6.45) is 3.99. The van der Waals surface area contributed by atoms with Gasteiger partial charge in [-0.15, -0.1) is 0 Å². The van der Waals surface area contributed by atoms with E-state index in [0.717, 1.165) is 25.1 Å². The summed E-state index contributed by atoms with van der Waals surface area (Å²) >= 11 is 12.2. The Morgan fingerprint density at radius 1 is 1.33 bits per heavy atom. The van der Waals surface area contributed by atoms with Crippen LogP contribution in [0.2, 0.25) is 10.0 Å². The molecule has 0 spiro atoms. The average molecular weight is 286 g/mol. The van der Waals surface area contributed by atoms with Crippen LogP contribution in [-0.2, 0) is 6.42 Å². The molecule has 1 aromatic rings. The number of likely N-dealkylation sites (tertiary alicyclic amines) is 1. The topological polar surface area (TPSA) is 23.5 Å². The van der Waals surface area contributed by atoms with Crippen LogP contribution in [0.5, 0.6) is 0 Å². The van der Waals surface area contributed by atoms with Gasteiger partial charge in [0.2, 0.25) is 0 Å². The first-order valence-corrected chi connectivity index (χ1v) is 7.22. The summed E-state index contributed by atoms with van der Waals surface area (Å²) in [7, 11) is 0. The lowest BCUT2D eigenvalue weighted by Crippen LogP contribution is -2.36. The zero-order valence-corrected chi connectivity index (χ0v) is 11.7. The average Bonchev–Trinajstić information content (AvgIpc) is 3.09. The van der Waals surface area contributed by atoms with Crippen LogP contribution in [0.15, 0.2) is 18.2 Å². The lowest BCUT2D eigenvalue weighted by atomic mass is 9.94. The predicted octanol–water partition coefficient (Wildman–Crippen LogP) is 3.14. The van der Waals surface area contributed by atoms with Gasteiger partial charge in [-0.1, -0.05) is 23.2 Å². The highest BCUT2D eigenvalue weighted by Crippen LogP contribution is 2.36. The minimum Gasteiger partial charge on any atom is -0.388 e. The molecule has 98 valence electrons. The number of hydrogen-bond acceptors (Lipinski definition) is 2. The molecule has 1 unspecified atom stereocenters. The van der Waals surface area contributed by atoms with Gasteiger partial charge in [0, 0.05) is 35.6 Å². The van der Waals surface area contributed by atoms with Crippen LogP contribution in [0.4, 0.5) is 0 Å². The van der Waals surface area contributed by atoms with Gasteiger partial charge in [-0.05, 0) is 43.0 Å². The molecular weight excluding hydrogens is 269 g/mol. The summed E-state index contributed by atoms with van der Waals surface area (Å²) in [6.45, 7) is 1.76. The van der Waals surface area contributed by atoms with Crippen LogP contribution >= 0.6 is 23.2 Å². The van der Waals surface area contributed by atoms with Crippen molar-refractivity contribution in [2.24, 2.45) is 0 Å². The van der Waals surface area contributed by atoms with Gasteiger partial charge in [0.15, 0.2) is 0 Å². The van der Waals surface area contributed by atoms with E-state index >= 15 is 0 Å². The molecule has 3 rings (SSSR count). The molecule has 1 aliphatic carbocycles. The van der Waals surface area contributed by atoms with Gasteiger partial charge in [0.25, 0.3) is 0 Å². The standard InChI is InChI=1S/C14H17Cl2NO/c15-11-1-4-13(16)10(7-11)8-14(18)5-6-17(9-14)12-2-3-12/h1,4,7,12,18H,2-3,5-6,8-9H2. The summed E-state index contributed by atoms with van der Waals surface area (Å²) in [5, 5.41) is 12.0. The van der Waals surface area contributed by atoms with Crippen molar-refractivity contribution in [1.82, 2.24) is 4.90 Å². The van der Waals surface area contributed by atoms with E-state index in [0.29, 0.717) is 22.5 Å². The van der Waals surface area contributed by atoms with Crippen LogP contribution in [0, 0.1) is 0 Å². The molecule has 4 heteroatoms. The molecule has 1 aliphatic heterocycles. The molecule has 18 heavy (non-hydrogen) atoms. The van der Waals surface area contributed by atoms with E-state index in [1.54, 1.807) is 12.1 Å². The maximum atomic E-state index is 10.7. The Bertz CT molecular complexity index is 461. The van der Waals surface area contributed by atoms with Crippen molar-refractivity contribution < 1.29 is 5.11 Å². The van der Waals surface area contributed by atoms with Crippen molar-refractivity contribution in [3.05, 3.63) is 33.8 Å². The Balaban J connectivity index is 1.73. The number of β-amino-alcohol motifs (C(OH)–C–C–N with tert-alkyl or cyclic N) is 1. The maximum Gasteiger partial charge on any atom is 0.0827 e. The monoisotopic (exact) mass is 285 g/mol. The Hall–Kier alpha value is -0.280. The molecule has 1 saturated carbocycles. The number of nitrogens with zero attached hydrogens (tertiary/aromatic N) is 1. The maximum absolute atomic E-state index is 10.7. The molecule has 0 bridgehead atoms. The van der Waals surface area contributed by atoms with Crippen molar-refractivity contribution in [1.29, 1.82) is 0 Å². The van der Waals surface area contributed by atoms with Crippen molar-refractivity contribution in [2.75, 3.05) is 13.1 Å². The summed E-state index contributed by atoms with van der Waals surface area (Å²) < 4.78 is 0. The third-order valence-corrected chi connectivity index (χ3v) is 4.56. The minimum atomic E-state index is -0.642. The van der Waals surface area contributed by atoms with Crippen molar-refractivity contribution >= 4 is 23.2 Å². The molecule has 0 radical (unpaired) electrons. The molecule has 0 aromatic heterocycles. The quantitative estimate of drug-likeness (QED) is 0.922. The highest BCUT2D eigenvalue weighted by atomic mass is 35.5. The summed E-state index contributed by atoms with van der Waals surface area (Å²) in [5.41, 5.74) is 0.306. The molecule has 1 atom stereocenters. The van der Waals surface area contributed by atoms with Gasteiger partial charge in [-0.2, -0.15) is 0 Å². The lowest BCUT2D eigenvalue weighted by Gasteiger charge is -2.24. The Kier molecular flexibility index (Phi) is 3.31. The number of rotatable bonds is 3. The van der Waals surface area contributed by atoms with E-state index < -0.39 is 5.60 Å². The van der Waals surface area contributed by atoms with Crippen LogP contribution in [0.3, 0.4) is 0 Å². The second-order valence-electron chi connectivity index (χ2n) is 5.59. The largest absolute Gasteiger partial charge is 0.388 e. The fourth-order valence-corrected chi connectivity index (χ4v) is 3.20. The molecule has 1 aromatic carbocycles. The second-order valence-corrected chi connectivity index (χ2v) is 6.43. The minimum absolute atomic E-state index is 0.593. The molecule has 1 heterocycles. The van der Waals surface area contributed by atoms with E-state index in [1.165, 1.54) is 12.8 Å². The Morgan fingerprint density at radius 2 is 2.11 bits per heavy atom. The van der Waals surface area contributed by atoms with E-state index in [2.05, 4.69) is 4.90 Å². The van der Waals surface area contributed by atoms with Crippen LogP contribution in [0.25, 0.3) is 0 Å². The molecular formula is C14H17Cl2NO. The third kappa shape index (κ3) is 2.67. The van der Waals surface area contributed by atoms with Gasteiger partial charge in [0.05, 0.1) is 5.60 Å². The number of hydrogen-bond donors (Lipinski definition) is 1. The fourth-order valence-electron chi connectivity index (χ4n) is 2.82. The smallest absolute Gasteiger partial charge is 0.0827 e. The van der Waals surface area contributed by atoms with E-state index in [9.17, 15) is 5.11 Å². The van der Waals surface area contributed by atoms with E-state index in [1.807, 2.05) is 6.07 Å². The first-order valence-electron chi connectivity index (χ1n) is 6.46. The molecule has 0 amide bonds. The van der Waals surface area contributed by atoms with Crippen molar-refractivity contribution in [3.63, 3.8) is 0 Å². The summed E-state index contributed by atoms with van der Waals surface area (Å²) in [5.74, 6) is 0. The normalized spacial score (nSPS) is 28.8. The molecule has 1 saturated heterocycles. The van der Waals surface area contributed by atoms with E-state index in [-0.39, 0.29) is 0 Å². The zero-order chi connectivity index (χ0) is 12.8. The number of benzene rings is 1. The highest BCUT2D eigenvalue weighted by Gasteiger charge is 2.42. The van der Waals surface area contributed by atoms with Gasteiger partial charge in [-0.25, -0.2) is 0 Å². The highest BCUT2D eigenvalue weighted by molar-refractivity contribution is 6.33. The second kappa shape index (κ2) is 4.68. The van der Waals surface area contributed by atoms with Gasteiger partial charge < -0.3 is 5.11 Å².